The van der Waals surface area contributed by atoms with E-state index in [-0.39, 0.29) is 12.0 Å². The first kappa shape index (κ1) is 17.2. The minimum Gasteiger partial charge on any atom is -0.376 e. The summed E-state index contributed by atoms with van der Waals surface area (Å²) in [5.41, 5.74) is 2.65. The molecule has 1 aliphatic heterocycles. The molecule has 0 radical (unpaired) electrons. The van der Waals surface area contributed by atoms with E-state index < -0.39 is 0 Å². The molecule has 1 heterocycles. The van der Waals surface area contributed by atoms with E-state index in [0.717, 1.165) is 25.1 Å². The van der Waals surface area contributed by atoms with E-state index >= 15 is 0 Å². The van der Waals surface area contributed by atoms with Crippen LogP contribution < -0.4 is 10.6 Å². The molecular formula is C20H23N3O2. The lowest BCUT2D eigenvalue weighted by molar-refractivity contribution is 0.0975. The van der Waals surface area contributed by atoms with Gasteiger partial charge in [-0.1, -0.05) is 35.9 Å². The smallest absolute Gasteiger partial charge is 0.257 e. The minimum atomic E-state index is -0.189. The zero-order valence-corrected chi connectivity index (χ0v) is 14.4. The fourth-order valence-electron chi connectivity index (χ4n) is 2.63. The van der Waals surface area contributed by atoms with E-state index in [4.69, 9.17) is 4.74 Å². The van der Waals surface area contributed by atoms with Crippen molar-refractivity contribution in [3.8, 4) is 0 Å². The van der Waals surface area contributed by atoms with E-state index in [2.05, 4.69) is 15.6 Å². The predicted octanol–water partition coefficient (Wildman–Crippen LogP) is 3.37. The summed E-state index contributed by atoms with van der Waals surface area (Å²) in [4.78, 5) is 17.0. The number of guanidine groups is 1. The Labute approximate surface area is 148 Å². The highest BCUT2D eigenvalue weighted by Gasteiger charge is 2.16. The van der Waals surface area contributed by atoms with Gasteiger partial charge in [-0.3, -0.25) is 10.1 Å². The summed E-state index contributed by atoms with van der Waals surface area (Å²) in [6.07, 6.45) is 2.20. The van der Waals surface area contributed by atoms with Crippen LogP contribution in [0.2, 0.25) is 0 Å². The van der Waals surface area contributed by atoms with Crippen molar-refractivity contribution in [1.82, 2.24) is 5.32 Å². The number of hydrogen-bond donors (Lipinski definition) is 2. The van der Waals surface area contributed by atoms with Gasteiger partial charge in [0.1, 0.15) is 0 Å². The third kappa shape index (κ3) is 5.16. The number of amides is 1. The van der Waals surface area contributed by atoms with Crippen molar-refractivity contribution in [3.05, 3.63) is 65.7 Å². The maximum atomic E-state index is 12.4. The molecule has 2 aromatic rings. The first-order chi connectivity index (χ1) is 12.2. The molecule has 25 heavy (non-hydrogen) atoms. The number of benzene rings is 2. The Morgan fingerprint density at radius 3 is 2.60 bits per heavy atom. The van der Waals surface area contributed by atoms with Crippen molar-refractivity contribution in [2.45, 2.75) is 25.9 Å². The molecule has 5 nitrogen and oxygen atoms in total. The monoisotopic (exact) mass is 337 g/mol. The number of nitrogens with one attached hydrogen (secondary N) is 2. The molecule has 1 saturated heterocycles. The summed E-state index contributed by atoms with van der Waals surface area (Å²) in [5.74, 6) is 0.250. The second-order valence-electron chi connectivity index (χ2n) is 6.14. The van der Waals surface area contributed by atoms with Crippen molar-refractivity contribution < 1.29 is 9.53 Å². The zero-order chi connectivity index (χ0) is 17.5. The minimum absolute atomic E-state index is 0.128. The van der Waals surface area contributed by atoms with Gasteiger partial charge >= 0.3 is 0 Å². The lowest BCUT2D eigenvalue weighted by Crippen LogP contribution is -2.36. The molecule has 1 aliphatic rings. The number of ether oxygens (including phenoxy) is 1. The maximum Gasteiger partial charge on any atom is 0.257 e. The van der Waals surface area contributed by atoms with Crippen LogP contribution in [0.1, 0.15) is 28.8 Å². The summed E-state index contributed by atoms with van der Waals surface area (Å²) in [6.45, 7) is 3.36. The van der Waals surface area contributed by atoms with Crippen molar-refractivity contribution >= 4 is 17.6 Å². The van der Waals surface area contributed by atoms with Crippen molar-refractivity contribution in [2.75, 3.05) is 18.5 Å². The second kappa shape index (κ2) is 8.44. The van der Waals surface area contributed by atoms with Gasteiger partial charge in [0.25, 0.3) is 5.91 Å². The lowest BCUT2D eigenvalue weighted by atomic mass is 10.2. The van der Waals surface area contributed by atoms with E-state index in [1.165, 1.54) is 5.56 Å². The molecule has 130 valence electrons. The Kier molecular flexibility index (Phi) is 5.80. The van der Waals surface area contributed by atoms with Crippen LogP contribution >= 0.6 is 0 Å². The molecule has 2 N–H and O–H groups in total. The van der Waals surface area contributed by atoms with Crippen molar-refractivity contribution in [1.29, 1.82) is 0 Å². The second-order valence-corrected chi connectivity index (χ2v) is 6.14. The highest BCUT2D eigenvalue weighted by Crippen LogP contribution is 2.13. The SMILES string of the molecule is Cc1ccc(NC(=NCC2CCCO2)NC(=O)c2ccccc2)cc1. The third-order valence-corrected chi connectivity index (χ3v) is 4.06. The van der Waals surface area contributed by atoms with Gasteiger partial charge < -0.3 is 10.1 Å². The first-order valence-corrected chi connectivity index (χ1v) is 8.57. The Bertz CT molecular complexity index is 720. The summed E-state index contributed by atoms with van der Waals surface area (Å²) >= 11 is 0. The number of carbonyl (C=O) groups excluding carboxylic acids is 1. The van der Waals surface area contributed by atoms with Gasteiger partial charge in [0, 0.05) is 17.9 Å². The van der Waals surface area contributed by atoms with E-state index in [1.807, 2.05) is 49.4 Å². The van der Waals surface area contributed by atoms with Gasteiger partial charge in [-0.05, 0) is 44.0 Å². The first-order valence-electron chi connectivity index (χ1n) is 8.57. The topological polar surface area (TPSA) is 62.7 Å². The Hall–Kier alpha value is -2.66. The molecule has 1 atom stereocenters. The molecule has 1 unspecified atom stereocenters. The summed E-state index contributed by atoms with van der Waals surface area (Å²) in [5, 5.41) is 6.06. The number of hydrogen-bond acceptors (Lipinski definition) is 3. The fraction of sp³-hybridized carbons (Fsp3) is 0.300. The molecule has 3 rings (SSSR count). The van der Waals surface area contributed by atoms with E-state index in [9.17, 15) is 4.79 Å². The summed E-state index contributed by atoms with van der Waals surface area (Å²) < 4.78 is 5.61. The number of carbonyl (C=O) groups is 1. The lowest BCUT2D eigenvalue weighted by Gasteiger charge is -2.13. The molecule has 2 aromatic carbocycles. The molecule has 1 amide bonds. The van der Waals surface area contributed by atoms with Crippen LogP contribution in [-0.2, 0) is 4.74 Å². The van der Waals surface area contributed by atoms with Crippen LogP contribution in [0.5, 0.6) is 0 Å². The van der Waals surface area contributed by atoms with Crippen LogP contribution in [0.3, 0.4) is 0 Å². The largest absolute Gasteiger partial charge is 0.376 e. The Balaban J connectivity index is 1.71. The summed E-state index contributed by atoms with van der Waals surface area (Å²) in [7, 11) is 0. The maximum absolute atomic E-state index is 12.4. The normalized spacial score (nSPS) is 17.3. The number of anilines is 1. The Morgan fingerprint density at radius 2 is 1.92 bits per heavy atom. The van der Waals surface area contributed by atoms with Crippen LogP contribution in [0, 0.1) is 6.92 Å². The molecule has 0 aliphatic carbocycles. The standard InChI is InChI=1S/C20H23N3O2/c1-15-9-11-17(12-10-15)22-20(21-14-18-8-5-13-25-18)23-19(24)16-6-3-2-4-7-16/h2-4,6-7,9-12,18H,5,8,13-14H2,1H3,(H2,21,22,23,24). The van der Waals surface area contributed by atoms with Gasteiger partial charge in [0.05, 0.1) is 12.6 Å². The zero-order valence-electron chi connectivity index (χ0n) is 14.4. The van der Waals surface area contributed by atoms with E-state index in [1.54, 1.807) is 12.1 Å². The molecule has 0 spiro atoms. The number of aryl methyl sites for hydroxylation is 1. The molecule has 0 bridgehead atoms. The Morgan fingerprint density at radius 1 is 1.16 bits per heavy atom. The van der Waals surface area contributed by atoms with Crippen molar-refractivity contribution in [2.24, 2.45) is 4.99 Å². The van der Waals surface area contributed by atoms with Crippen LogP contribution in [0.4, 0.5) is 5.69 Å². The quantitative estimate of drug-likeness (QED) is 0.664. The molecular weight excluding hydrogens is 314 g/mol. The van der Waals surface area contributed by atoms with Gasteiger partial charge in [0.15, 0.2) is 0 Å². The highest BCUT2D eigenvalue weighted by molar-refractivity contribution is 6.09. The van der Waals surface area contributed by atoms with Gasteiger partial charge in [-0.2, -0.15) is 0 Å². The summed E-state index contributed by atoms with van der Waals surface area (Å²) in [6, 6.07) is 17.1. The number of nitrogens with zero attached hydrogens (tertiary/aromatic N) is 1. The number of aliphatic imine (C=N–C) groups is 1. The molecule has 1 fully saturated rings. The van der Waals surface area contributed by atoms with Gasteiger partial charge in [-0.15, -0.1) is 0 Å². The third-order valence-electron chi connectivity index (χ3n) is 4.06. The molecule has 5 heteroatoms. The van der Waals surface area contributed by atoms with Gasteiger partial charge in [0.2, 0.25) is 5.96 Å². The average Bonchev–Trinajstić information content (AvgIpc) is 3.16. The highest BCUT2D eigenvalue weighted by atomic mass is 16.5. The molecule has 0 saturated carbocycles. The number of rotatable bonds is 4. The van der Waals surface area contributed by atoms with E-state index in [0.29, 0.717) is 18.1 Å². The van der Waals surface area contributed by atoms with Crippen LogP contribution in [0.15, 0.2) is 59.6 Å². The van der Waals surface area contributed by atoms with Crippen molar-refractivity contribution in [3.63, 3.8) is 0 Å². The van der Waals surface area contributed by atoms with Gasteiger partial charge in [-0.25, -0.2) is 4.99 Å². The predicted molar refractivity (Wildman–Crippen MR) is 100.0 cm³/mol. The average molecular weight is 337 g/mol. The fourth-order valence-corrected chi connectivity index (χ4v) is 2.63. The van der Waals surface area contributed by atoms with Crippen LogP contribution in [-0.4, -0.2) is 31.1 Å². The van der Waals surface area contributed by atoms with Crippen LogP contribution in [0.25, 0.3) is 0 Å². The molecule has 0 aromatic heterocycles.